The second-order valence-electron chi connectivity index (χ2n) is 10.8. The Balaban J connectivity index is 0.00000130. The van der Waals surface area contributed by atoms with Crippen LogP contribution in [0.5, 0.6) is 0 Å². The molecule has 20 N–H and O–H groups in total. The van der Waals surface area contributed by atoms with Crippen LogP contribution in [0.1, 0.15) is 12.8 Å². The van der Waals surface area contributed by atoms with Crippen LogP contribution in [0.4, 0.5) is 0 Å². The summed E-state index contributed by atoms with van der Waals surface area (Å²) < 4.78 is 31.4. The van der Waals surface area contributed by atoms with Crippen LogP contribution in [0.2, 0.25) is 0 Å². The molecule has 3 aliphatic rings. The lowest BCUT2D eigenvalue weighted by Crippen LogP contribution is -2.69. The number of nitrogens with two attached hydrogens (primary N) is 4. The third kappa shape index (κ3) is 10.7. The van der Waals surface area contributed by atoms with Crippen LogP contribution in [-0.2, 0) is 28.3 Å². The molecule has 2 saturated heterocycles. The summed E-state index contributed by atoms with van der Waals surface area (Å²) >= 11 is 0. The highest BCUT2D eigenvalue weighted by molar-refractivity contribution is 7.45. The lowest BCUT2D eigenvalue weighted by Gasteiger charge is -2.49. The Hall–Kier alpha value is -1.06. The normalized spacial score (nSPS) is 43.1. The molecule has 0 aromatic carbocycles. The van der Waals surface area contributed by atoms with Crippen LogP contribution in [0, 0.1) is 0 Å². The van der Waals surface area contributed by atoms with Crippen molar-refractivity contribution >= 4 is 13.7 Å². The van der Waals surface area contributed by atoms with E-state index in [-0.39, 0.29) is 25.9 Å². The third-order valence-corrected chi connectivity index (χ3v) is 7.51. The number of aliphatic hydroxyl groups excluding tert-OH is 8. The molecule has 16 atom stereocenters. The number of carbonyl (C=O) groups excluding carboxylic acids is 1. The number of rotatable bonds is 10. The Kier molecular flexibility index (Phi) is 15.5. The van der Waals surface area contributed by atoms with Gasteiger partial charge in [-0.25, -0.2) is 4.57 Å². The minimum atomic E-state index is -4.64. The van der Waals surface area contributed by atoms with Crippen molar-refractivity contribution in [3.63, 3.8) is 0 Å². The van der Waals surface area contributed by atoms with Gasteiger partial charge in [-0.2, -0.15) is 0 Å². The quantitative estimate of drug-likeness (QED) is 0.0950. The van der Waals surface area contributed by atoms with E-state index in [1.165, 1.54) is 0 Å². The molecular weight excluding hydrogens is 637 g/mol. The van der Waals surface area contributed by atoms with Crippen molar-refractivity contribution in [2.45, 2.75) is 111 Å². The largest absolute Gasteiger partial charge is 0.466 e. The number of nitrogens with one attached hydrogen (secondary N) is 1. The van der Waals surface area contributed by atoms with Crippen molar-refractivity contribution in [3.05, 3.63) is 0 Å². The van der Waals surface area contributed by atoms with Crippen LogP contribution >= 0.6 is 7.82 Å². The third-order valence-electron chi connectivity index (χ3n) is 7.51. The first-order valence-corrected chi connectivity index (χ1v) is 15.4. The molecule has 0 unspecified atom stereocenters. The highest BCUT2D eigenvalue weighted by Crippen LogP contribution is 2.32. The van der Waals surface area contributed by atoms with Gasteiger partial charge in [0.2, 0.25) is 5.91 Å². The minimum absolute atomic E-state index is 0.0101. The molecule has 3 fully saturated rings. The fourth-order valence-corrected chi connectivity index (χ4v) is 5.07. The van der Waals surface area contributed by atoms with Gasteiger partial charge < -0.3 is 103 Å². The molecule has 266 valence electrons. The van der Waals surface area contributed by atoms with Crippen molar-refractivity contribution in [1.29, 1.82) is 0 Å². The molecule has 2 aliphatic heterocycles. The number of amides is 1. The van der Waals surface area contributed by atoms with Gasteiger partial charge in [0.15, 0.2) is 12.6 Å². The number of phosphoric acid groups is 1. The zero-order valence-electron chi connectivity index (χ0n) is 23.9. The van der Waals surface area contributed by atoms with Gasteiger partial charge in [-0.3, -0.25) is 4.79 Å². The lowest BCUT2D eigenvalue weighted by molar-refractivity contribution is -0.332. The smallest absolute Gasteiger partial charge is 0.394 e. The molecule has 3 rings (SSSR count). The van der Waals surface area contributed by atoms with Crippen LogP contribution in [0.25, 0.3) is 0 Å². The van der Waals surface area contributed by atoms with Gasteiger partial charge in [0, 0.05) is 12.6 Å². The number of carbonyl (C=O) groups is 1. The van der Waals surface area contributed by atoms with E-state index >= 15 is 0 Å². The maximum absolute atomic E-state index is 12.6. The molecule has 1 amide bonds. The van der Waals surface area contributed by atoms with E-state index in [4.69, 9.17) is 61.1 Å². The Morgan fingerprint density at radius 3 is 1.91 bits per heavy atom. The average Bonchev–Trinajstić information content (AvgIpc) is 2.96. The fraction of sp³-hybridized carbons (Fsp3) is 0.955. The molecule has 1 saturated carbocycles. The molecule has 0 bridgehead atoms. The summed E-state index contributed by atoms with van der Waals surface area (Å²) in [5.74, 6) is -0.845. The van der Waals surface area contributed by atoms with Gasteiger partial charge in [0.05, 0.1) is 18.7 Å². The molecule has 0 aromatic rings. The fourth-order valence-electron chi connectivity index (χ4n) is 5.07. The molecule has 0 radical (unpaired) electrons. The van der Waals surface area contributed by atoms with E-state index in [2.05, 4.69) is 5.32 Å². The van der Waals surface area contributed by atoms with Crippen molar-refractivity contribution < 1.29 is 83.8 Å². The summed E-state index contributed by atoms with van der Waals surface area (Å²) in [6, 6.07) is -3.45. The summed E-state index contributed by atoms with van der Waals surface area (Å²) in [5.41, 5.74) is 23.1. The summed E-state index contributed by atoms with van der Waals surface area (Å²) in [6.45, 7) is -0.898. The number of hydrogen-bond acceptors (Lipinski definition) is 18. The van der Waals surface area contributed by atoms with E-state index in [1.54, 1.807) is 0 Å². The van der Waals surface area contributed by atoms with Crippen LogP contribution < -0.4 is 28.3 Å². The monoisotopic (exact) mass is 683 g/mol. The van der Waals surface area contributed by atoms with Crippen LogP contribution in [0.15, 0.2) is 0 Å². The molecule has 1 aliphatic carbocycles. The van der Waals surface area contributed by atoms with Crippen molar-refractivity contribution in [1.82, 2.24) is 5.32 Å². The summed E-state index contributed by atoms with van der Waals surface area (Å²) in [5, 5.41) is 84.9. The standard InChI is InChI=1S/C22H43N5O13.H3O4P/c23-2-1-8(29)20(36)27-7-3-6(25)18(39-22-16(34)15(33)13(31)9(4-24)37-22)17(35)19(7)40-21-14(32)11(26)12(30)10(5-28)38-21;1-5(2,3)4/h6-19,21-22,28-35H,1-5,23-26H2,(H,27,36);(H3,1,2,3,4)/t6-,7+,8-,9+,10+,11-,12+,13+,14+,15-,16+,17-,18+,19-,21+,22+;/m0./s1. The number of ether oxygens (including phenoxy) is 4. The Morgan fingerprint density at radius 2 is 1.38 bits per heavy atom. The minimum Gasteiger partial charge on any atom is -0.394 e. The van der Waals surface area contributed by atoms with Crippen LogP contribution in [-0.4, -0.2) is 179 Å². The molecular formula is C22H46N5O17P. The second-order valence-corrected chi connectivity index (χ2v) is 11.9. The van der Waals surface area contributed by atoms with Gasteiger partial charge in [-0.1, -0.05) is 0 Å². The molecule has 0 spiro atoms. The molecule has 45 heavy (non-hydrogen) atoms. The SMILES string of the molecule is NCC[C@H](O)C(=O)N[C@@H]1C[C@H](N)[C@@H](O[C@H]2O[C@H](CN)[C@@H](O)[C@H](O)[C@H]2O)[C@H](O)[C@H]1O[C@H]1O[C@H](CO)[C@@H](O)[C@H](N)[C@H]1O.O=P(O)(O)O. The molecule has 23 heteroatoms. The van der Waals surface area contributed by atoms with Gasteiger partial charge in [0.1, 0.15) is 67.1 Å². The van der Waals surface area contributed by atoms with Gasteiger partial charge in [-0.05, 0) is 19.4 Å². The summed E-state index contributed by atoms with van der Waals surface area (Å²) in [6.07, 6.45) is -19.8. The van der Waals surface area contributed by atoms with Crippen molar-refractivity contribution in [2.24, 2.45) is 22.9 Å². The highest BCUT2D eigenvalue weighted by atomic mass is 31.2. The maximum Gasteiger partial charge on any atom is 0.466 e. The first-order valence-electron chi connectivity index (χ1n) is 13.8. The highest BCUT2D eigenvalue weighted by Gasteiger charge is 2.52. The predicted molar refractivity (Wildman–Crippen MR) is 146 cm³/mol. The van der Waals surface area contributed by atoms with Gasteiger partial charge in [-0.15, -0.1) is 0 Å². The topological polar surface area (TPSA) is 410 Å². The zero-order valence-corrected chi connectivity index (χ0v) is 24.8. The Labute approximate surface area is 256 Å². The molecule has 0 aromatic heterocycles. The van der Waals surface area contributed by atoms with Crippen molar-refractivity contribution in [3.8, 4) is 0 Å². The number of hydrogen-bond donors (Lipinski definition) is 16. The molecule has 2 heterocycles. The van der Waals surface area contributed by atoms with E-state index in [0.29, 0.717) is 0 Å². The first-order chi connectivity index (χ1) is 20.9. The Morgan fingerprint density at radius 1 is 0.844 bits per heavy atom. The average molecular weight is 684 g/mol. The van der Waals surface area contributed by atoms with E-state index < -0.39 is 118 Å². The predicted octanol–water partition coefficient (Wildman–Crippen LogP) is -9.35. The van der Waals surface area contributed by atoms with Crippen molar-refractivity contribution in [2.75, 3.05) is 19.7 Å². The maximum atomic E-state index is 12.6. The zero-order chi connectivity index (χ0) is 34.4. The van der Waals surface area contributed by atoms with Gasteiger partial charge in [0.25, 0.3) is 0 Å². The second kappa shape index (κ2) is 17.4. The summed E-state index contributed by atoms with van der Waals surface area (Å²) in [4.78, 5) is 34.1. The number of aliphatic hydroxyl groups is 8. The lowest BCUT2D eigenvalue weighted by atomic mass is 9.83. The first kappa shape index (κ1) is 40.1. The van der Waals surface area contributed by atoms with E-state index in [0.717, 1.165) is 0 Å². The van der Waals surface area contributed by atoms with E-state index in [1.807, 2.05) is 0 Å². The Bertz CT molecular complexity index is 959. The van der Waals surface area contributed by atoms with Gasteiger partial charge >= 0.3 is 7.82 Å². The summed E-state index contributed by atoms with van der Waals surface area (Å²) in [7, 11) is -4.64. The van der Waals surface area contributed by atoms with E-state index in [9.17, 15) is 45.6 Å². The molecule has 22 nitrogen and oxygen atoms in total. The van der Waals surface area contributed by atoms with Crippen LogP contribution in [0.3, 0.4) is 0 Å².